The van der Waals surface area contributed by atoms with Crippen LogP contribution >= 0.6 is 0 Å². The van der Waals surface area contributed by atoms with E-state index in [9.17, 15) is 19.7 Å². The summed E-state index contributed by atoms with van der Waals surface area (Å²) in [6.07, 6.45) is 1.69. The Labute approximate surface area is 120 Å². The molecule has 0 saturated heterocycles. The highest BCUT2D eigenvalue weighted by atomic mass is 16.6. The van der Waals surface area contributed by atoms with Gasteiger partial charge < -0.3 is 16.2 Å². The number of carboxylic acids is 1. The van der Waals surface area contributed by atoms with Gasteiger partial charge in [0.25, 0.3) is 5.69 Å². The Kier molecular flexibility index (Phi) is 4.06. The van der Waals surface area contributed by atoms with Crippen LogP contribution < -0.4 is 11.1 Å². The van der Waals surface area contributed by atoms with Gasteiger partial charge in [0.15, 0.2) is 0 Å². The van der Waals surface area contributed by atoms with Crippen molar-refractivity contribution in [1.29, 1.82) is 0 Å². The lowest BCUT2D eigenvalue weighted by molar-refractivity contribution is -0.384. The predicted molar refractivity (Wildman–Crippen MR) is 74.0 cm³/mol. The summed E-state index contributed by atoms with van der Waals surface area (Å²) in [5, 5.41) is 22.9. The largest absolute Gasteiger partial charge is 0.481 e. The molecule has 4 N–H and O–H groups in total. The van der Waals surface area contributed by atoms with Crippen LogP contribution in [0.15, 0.2) is 18.2 Å². The standard InChI is InChI=1S/C13H15N3O5/c14-13(19)8-3-4-9(11(5-8)16(20)21)15-10(6-12(17)18)7-1-2-7/h3-5,7,10,15H,1-2,6H2,(H2,14,19)(H,17,18). The predicted octanol–water partition coefficient (Wildman–Crippen LogP) is 1.36. The molecule has 1 atom stereocenters. The van der Waals surface area contributed by atoms with Crippen LogP contribution in [0.4, 0.5) is 11.4 Å². The summed E-state index contributed by atoms with van der Waals surface area (Å²) < 4.78 is 0. The SMILES string of the molecule is NC(=O)c1ccc(NC(CC(=O)O)C2CC2)c([N+](=O)[O-])c1. The molecule has 8 heteroatoms. The van der Waals surface area contributed by atoms with Gasteiger partial charge in [0.05, 0.1) is 11.3 Å². The highest BCUT2D eigenvalue weighted by Crippen LogP contribution is 2.37. The third-order valence-corrected chi connectivity index (χ3v) is 3.41. The van der Waals surface area contributed by atoms with Crippen molar-refractivity contribution < 1.29 is 19.6 Å². The summed E-state index contributed by atoms with van der Waals surface area (Å²) in [5.41, 5.74) is 5.04. The van der Waals surface area contributed by atoms with Crippen molar-refractivity contribution in [3.63, 3.8) is 0 Å². The van der Waals surface area contributed by atoms with E-state index in [1.54, 1.807) is 0 Å². The van der Waals surface area contributed by atoms with E-state index in [-0.39, 0.29) is 35.3 Å². The van der Waals surface area contributed by atoms with Crippen LogP contribution in [0.3, 0.4) is 0 Å². The van der Waals surface area contributed by atoms with Crippen LogP contribution in [0.2, 0.25) is 0 Å². The zero-order valence-corrected chi connectivity index (χ0v) is 11.1. The number of hydrogen-bond donors (Lipinski definition) is 3. The smallest absolute Gasteiger partial charge is 0.305 e. The molecule has 0 aromatic heterocycles. The van der Waals surface area contributed by atoms with E-state index in [4.69, 9.17) is 10.8 Å². The van der Waals surface area contributed by atoms with Crippen LogP contribution in [-0.2, 0) is 4.79 Å². The quantitative estimate of drug-likeness (QED) is 0.513. The average molecular weight is 293 g/mol. The average Bonchev–Trinajstić information content (AvgIpc) is 3.21. The maximum absolute atomic E-state index is 11.1. The lowest BCUT2D eigenvalue weighted by Gasteiger charge is -2.17. The lowest BCUT2D eigenvalue weighted by Crippen LogP contribution is -2.25. The monoisotopic (exact) mass is 293 g/mol. The lowest BCUT2D eigenvalue weighted by atomic mass is 10.1. The first kappa shape index (κ1) is 14.8. The normalized spacial score (nSPS) is 15.2. The molecule has 2 rings (SSSR count). The summed E-state index contributed by atoms with van der Waals surface area (Å²) in [5.74, 6) is -1.51. The Morgan fingerprint density at radius 2 is 2.14 bits per heavy atom. The number of primary amides is 1. The number of amides is 1. The fourth-order valence-corrected chi connectivity index (χ4v) is 2.18. The Balaban J connectivity index is 2.27. The number of nitrogens with zero attached hydrogens (tertiary/aromatic N) is 1. The van der Waals surface area contributed by atoms with Gasteiger partial charge in [-0.2, -0.15) is 0 Å². The number of anilines is 1. The minimum atomic E-state index is -0.962. The number of nitrogens with two attached hydrogens (primary N) is 1. The number of aliphatic carboxylic acids is 1. The second-order valence-electron chi connectivity index (χ2n) is 5.04. The van der Waals surface area contributed by atoms with Gasteiger partial charge in [-0.3, -0.25) is 19.7 Å². The number of nitro benzene ring substituents is 1. The second kappa shape index (κ2) is 5.78. The van der Waals surface area contributed by atoms with E-state index in [1.807, 2.05) is 0 Å². The number of benzene rings is 1. The molecule has 1 amide bonds. The molecule has 1 aromatic rings. The minimum Gasteiger partial charge on any atom is -0.481 e. The maximum Gasteiger partial charge on any atom is 0.305 e. The molecule has 112 valence electrons. The number of rotatable bonds is 7. The molecule has 0 spiro atoms. The topological polar surface area (TPSA) is 136 Å². The van der Waals surface area contributed by atoms with E-state index < -0.39 is 16.8 Å². The summed E-state index contributed by atoms with van der Waals surface area (Å²) in [6.45, 7) is 0. The zero-order chi connectivity index (χ0) is 15.6. The first-order valence-electron chi connectivity index (χ1n) is 6.45. The van der Waals surface area contributed by atoms with Gasteiger partial charge >= 0.3 is 5.97 Å². The molecule has 1 aliphatic carbocycles. The molecule has 1 aliphatic rings. The first-order chi connectivity index (χ1) is 9.88. The highest BCUT2D eigenvalue weighted by Gasteiger charge is 2.34. The van der Waals surface area contributed by atoms with Gasteiger partial charge in [-0.25, -0.2) is 0 Å². The van der Waals surface area contributed by atoms with E-state index in [0.29, 0.717) is 0 Å². The van der Waals surface area contributed by atoms with Crippen LogP contribution in [0.1, 0.15) is 29.6 Å². The number of nitrogens with one attached hydrogen (secondary N) is 1. The number of nitro groups is 1. The van der Waals surface area contributed by atoms with Gasteiger partial charge in [0.1, 0.15) is 5.69 Å². The fourth-order valence-electron chi connectivity index (χ4n) is 2.18. The van der Waals surface area contributed by atoms with Crippen LogP contribution in [0.5, 0.6) is 0 Å². The Morgan fingerprint density at radius 3 is 2.62 bits per heavy atom. The molecule has 0 bridgehead atoms. The molecular formula is C13H15N3O5. The molecule has 8 nitrogen and oxygen atoms in total. The van der Waals surface area contributed by atoms with Crippen LogP contribution in [0.25, 0.3) is 0 Å². The van der Waals surface area contributed by atoms with Gasteiger partial charge in [-0.15, -0.1) is 0 Å². The molecule has 1 aromatic carbocycles. The van der Waals surface area contributed by atoms with Crippen molar-refractivity contribution in [3.05, 3.63) is 33.9 Å². The maximum atomic E-state index is 11.1. The van der Waals surface area contributed by atoms with E-state index in [2.05, 4.69) is 5.32 Å². The molecule has 0 heterocycles. The molecular weight excluding hydrogens is 278 g/mol. The van der Waals surface area contributed by atoms with Crippen molar-refractivity contribution in [3.8, 4) is 0 Å². The van der Waals surface area contributed by atoms with Crippen molar-refractivity contribution >= 4 is 23.3 Å². The second-order valence-corrected chi connectivity index (χ2v) is 5.04. The van der Waals surface area contributed by atoms with Gasteiger partial charge in [-0.05, 0) is 30.9 Å². The summed E-state index contributed by atoms with van der Waals surface area (Å²) in [4.78, 5) is 32.4. The molecule has 0 aliphatic heterocycles. The van der Waals surface area contributed by atoms with Gasteiger partial charge in [0.2, 0.25) is 5.91 Å². The zero-order valence-electron chi connectivity index (χ0n) is 11.1. The molecule has 1 unspecified atom stereocenters. The third-order valence-electron chi connectivity index (χ3n) is 3.41. The molecule has 0 radical (unpaired) electrons. The third kappa shape index (κ3) is 3.68. The van der Waals surface area contributed by atoms with E-state index in [0.717, 1.165) is 18.9 Å². The molecule has 21 heavy (non-hydrogen) atoms. The Hall–Kier alpha value is -2.64. The van der Waals surface area contributed by atoms with Gasteiger partial charge in [-0.1, -0.05) is 0 Å². The Morgan fingerprint density at radius 1 is 1.48 bits per heavy atom. The van der Waals surface area contributed by atoms with Crippen LogP contribution in [-0.4, -0.2) is 27.9 Å². The summed E-state index contributed by atoms with van der Waals surface area (Å²) in [6, 6.07) is 3.49. The van der Waals surface area contributed by atoms with E-state index >= 15 is 0 Å². The summed E-state index contributed by atoms with van der Waals surface area (Å²) in [7, 11) is 0. The van der Waals surface area contributed by atoms with Crippen molar-refractivity contribution in [1.82, 2.24) is 0 Å². The number of hydrogen-bond acceptors (Lipinski definition) is 5. The number of carboxylic acid groups (broad SMARTS) is 1. The van der Waals surface area contributed by atoms with E-state index in [1.165, 1.54) is 12.1 Å². The number of carbonyl (C=O) groups excluding carboxylic acids is 1. The highest BCUT2D eigenvalue weighted by molar-refractivity contribution is 5.94. The van der Waals surface area contributed by atoms with Crippen molar-refractivity contribution in [2.45, 2.75) is 25.3 Å². The number of carbonyl (C=O) groups is 2. The van der Waals surface area contributed by atoms with Gasteiger partial charge in [0, 0.05) is 17.7 Å². The molecule has 1 saturated carbocycles. The van der Waals surface area contributed by atoms with Crippen LogP contribution in [0, 0.1) is 16.0 Å². The van der Waals surface area contributed by atoms with Crippen molar-refractivity contribution in [2.24, 2.45) is 11.7 Å². The minimum absolute atomic E-state index is 0.0356. The Bertz CT molecular complexity index is 597. The fraction of sp³-hybridized carbons (Fsp3) is 0.385. The summed E-state index contributed by atoms with van der Waals surface area (Å²) >= 11 is 0. The first-order valence-corrected chi connectivity index (χ1v) is 6.45. The van der Waals surface area contributed by atoms with Crippen molar-refractivity contribution in [2.75, 3.05) is 5.32 Å². The molecule has 1 fully saturated rings.